The molecule has 2 fully saturated rings. The van der Waals surface area contributed by atoms with Gasteiger partial charge >= 0.3 is 5.97 Å². The van der Waals surface area contributed by atoms with Crippen molar-refractivity contribution in [2.45, 2.75) is 31.9 Å². The highest BCUT2D eigenvalue weighted by Crippen LogP contribution is 2.31. The minimum atomic E-state index is -0.0201. The zero-order valence-corrected chi connectivity index (χ0v) is 11.8. The van der Waals surface area contributed by atoms with Gasteiger partial charge in [-0.1, -0.05) is 30.3 Å². The summed E-state index contributed by atoms with van der Waals surface area (Å²) in [6, 6.07) is 10.5. The van der Waals surface area contributed by atoms with Crippen LogP contribution in [0, 0.1) is 5.92 Å². The van der Waals surface area contributed by atoms with Crippen molar-refractivity contribution in [3.8, 4) is 0 Å². The highest BCUT2D eigenvalue weighted by Gasteiger charge is 2.39. The van der Waals surface area contributed by atoms with Gasteiger partial charge < -0.3 is 4.74 Å². The van der Waals surface area contributed by atoms with Crippen LogP contribution in [0.25, 0.3) is 0 Å². The van der Waals surface area contributed by atoms with E-state index in [4.69, 9.17) is 4.74 Å². The van der Waals surface area contributed by atoms with Crippen LogP contribution in [0.15, 0.2) is 30.3 Å². The lowest BCUT2D eigenvalue weighted by atomic mass is 10.0. The number of halogens is 1. The molecule has 2 saturated heterocycles. The van der Waals surface area contributed by atoms with Crippen LogP contribution in [-0.4, -0.2) is 30.0 Å². The standard InChI is InChI=1S/C15H19NO2.ClH/c17-15(18-11-12-5-2-1-3-6-12)13-9-14-7-4-8-16(14)10-13;/h1-3,5-6,13-14H,4,7-11H2;1H. The Labute approximate surface area is 120 Å². The van der Waals surface area contributed by atoms with Gasteiger partial charge in [0.25, 0.3) is 0 Å². The maximum atomic E-state index is 12.0. The summed E-state index contributed by atoms with van der Waals surface area (Å²) < 4.78 is 5.41. The van der Waals surface area contributed by atoms with Crippen LogP contribution in [0.3, 0.4) is 0 Å². The predicted octanol–water partition coefficient (Wildman–Crippen LogP) is 2.64. The van der Waals surface area contributed by atoms with Crippen LogP contribution in [0.1, 0.15) is 24.8 Å². The monoisotopic (exact) mass is 281 g/mol. The molecule has 2 atom stereocenters. The first-order valence-corrected chi connectivity index (χ1v) is 6.77. The number of nitrogens with zero attached hydrogens (tertiary/aromatic N) is 1. The number of hydrogen-bond donors (Lipinski definition) is 0. The van der Waals surface area contributed by atoms with Gasteiger partial charge in [-0.2, -0.15) is 0 Å². The lowest BCUT2D eigenvalue weighted by molar-refractivity contribution is -0.149. The lowest BCUT2D eigenvalue weighted by Crippen LogP contribution is -2.24. The fourth-order valence-electron chi connectivity index (χ4n) is 3.11. The van der Waals surface area contributed by atoms with E-state index in [-0.39, 0.29) is 24.3 Å². The average Bonchev–Trinajstić information content (AvgIpc) is 2.98. The number of hydrogen-bond acceptors (Lipinski definition) is 3. The van der Waals surface area contributed by atoms with Gasteiger partial charge in [0.05, 0.1) is 5.92 Å². The Bertz CT molecular complexity index is 411. The number of fused-ring (bicyclic) bond motifs is 1. The quantitative estimate of drug-likeness (QED) is 0.798. The molecule has 0 saturated carbocycles. The Kier molecular flexibility index (Phi) is 4.83. The second-order valence-corrected chi connectivity index (χ2v) is 5.32. The Hall–Kier alpha value is -1.06. The van der Waals surface area contributed by atoms with E-state index in [9.17, 15) is 4.79 Å². The molecular formula is C15H20ClNO2. The summed E-state index contributed by atoms with van der Waals surface area (Å²) in [5.74, 6) is 0.0762. The third-order valence-corrected chi connectivity index (χ3v) is 4.07. The number of carbonyl (C=O) groups excluding carboxylic acids is 1. The van der Waals surface area contributed by atoms with Crippen LogP contribution in [0.4, 0.5) is 0 Å². The molecule has 0 aliphatic carbocycles. The third kappa shape index (κ3) is 3.28. The molecule has 2 heterocycles. The topological polar surface area (TPSA) is 29.5 Å². The predicted molar refractivity (Wildman–Crippen MR) is 76.2 cm³/mol. The van der Waals surface area contributed by atoms with Crippen molar-refractivity contribution in [1.82, 2.24) is 4.90 Å². The van der Waals surface area contributed by atoms with Crippen molar-refractivity contribution in [1.29, 1.82) is 0 Å². The largest absolute Gasteiger partial charge is 0.461 e. The summed E-state index contributed by atoms with van der Waals surface area (Å²) in [7, 11) is 0. The molecule has 0 amide bonds. The fourth-order valence-corrected chi connectivity index (χ4v) is 3.11. The van der Waals surface area contributed by atoms with Gasteiger partial charge in [-0.05, 0) is 31.4 Å². The molecule has 19 heavy (non-hydrogen) atoms. The van der Waals surface area contributed by atoms with E-state index in [0.29, 0.717) is 12.6 Å². The molecule has 0 N–H and O–H groups in total. The summed E-state index contributed by atoms with van der Waals surface area (Å²) in [5, 5.41) is 0. The Morgan fingerprint density at radius 1 is 1.32 bits per heavy atom. The average molecular weight is 282 g/mol. The van der Waals surface area contributed by atoms with E-state index in [1.54, 1.807) is 0 Å². The zero-order chi connectivity index (χ0) is 12.4. The first-order chi connectivity index (χ1) is 8.83. The van der Waals surface area contributed by atoms with Crippen molar-refractivity contribution in [2.75, 3.05) is 13.1 Å². The molecule has 3 rings (SSSR count). The van der Waals surface area contributed by atoms with Crippen molar-refractivity contribution < 1.29 is 9.53 Å². The van der Waals surface area contributed by atoms with E-state index < -0.39 is 0 Å². The molecule has 0 bridgehead atoms. The van der Waals surface area contributed by atoms with Gasteiger partial charge in [-0.15, -0.1) is 12.4 Å². The summed E-state index contributed by atoms with van der Waals surface area (Å²) in [6.45, 7) is 2.46. The second-order valence-electron chi connectivity index (χ2n) is 5.32. The zero-order valence-electron chi connectivity index (χ0n) is 11.0. The van der Waals surface area contributed by atoms with E-state index in [0.717, 1.165) is 25.1 Å². The first-order valence-electron chi connectivity index (χ1n) is 6.77. The van der Waals surface area contributed by atoms with Gasteiger partial charge in [0.1, 0.15) is 6.61 Å². The molecule has 2 aliphatic rings. The second kappa shape index (κ2) is 6.40. The summed E-state index contributed by atoms with van der Waals surface area (Å²) in [4.78, 5) is 14.4. The summed E-state index contributed by atoms with van der Waals surface area (Å²) in [6.07, 6.45) is 3.53. The van der Waals surface area contributed by atoms with E-state index in [2.05, 4.69) is 4.90 Å². The van der Waals surface area contributed by atoms with Gasteiger partial charge in [0.15, 0.2) is 0 Å². The molecule has 1 aromatic rings. The Morgan fingerprint density at radius 2 is 2.11 bits per heavy atom. The molecule has 3 nitrogen and oxygen atoms in total. The van der Waals surface area contributed by atoms with E-state index in [1.165, 1.54) is 12.8 Å². The molecule has 1 aromatic carbocycles. The fraction of sp³-hybridized carbons (Fsp3) is 0.533. The molecule has 0 aromatic heterocycles. The minimum absolute atomic E-state index is 0. The summed E-state index contributed by atoms with van der Waals surface area (Å²) in [5.41, 5.74) is 1.06. The summed E-state index contributed by atoms with van der Waals surface area (Å²) >= 11 is 0. The lowest BCUT2D eigenvalue weighted by Gasteiger charge is -2.13. The van der Waals surface area contributed by atoms with Gasteiger partial charge in [-0.25, -0.2) is 0 Å². The van der Waals surface area contributed by atoms with Crippen LogP contribution in [0.2, 0.25) is 0 Å². The molecular weight excluding hydrogens is 262 g/mol. The Balaban J connectivity index is 0.00000133. The number of esters is 1. The minimum Gasteiger partial charge on any atom is -0.461 e. The van der Waals surface area contributed by atoms with Crippen LogP contribution in [0.5, 0.6) is 0 Å². The smallest absolute Gasteiger partial charge is 0.310 e. The van der Waals surface area contributed by atoms with Crippen molar-refractivity contribution in [3.63, 3.8) is 0 Å². The van der Waals surface area contributed by atoms with Gasteiger partial charge in [-0.3, -0.25) is 9.69 Å². The molecule has 2 unspecified atom stereocenters. The SMILES string of the molecule is Cl.O=C(OCc1ccccc1)C1CC2CCCN2C1. The molecule has 4 heteroatoms. The van der Waals surface area contributed by atoms with Crippen LogP contribution in [-0.2, 0) is 16.1 Å². The molecule has 0 spiro atoms. The van der Waals surface area contributed by atoms with E-state index in [1.807, 2.05) is 30.3 Å². The Morgan fingerprint density at radius 3 is 2.84 bits per heavy atom. The maximum Gasteiger partial charge on any atom is 0.310 e. The van der Waals surface area contributed by atoms with Crippen LogP contribution >= 0.6 is 12.4 Å². The third-order valence-electron chi connectivity index (χ3n) is 4.07. The molecule has 0 radical (unpaired) electrons. The number of benzene rings is 1. The first kappa shape index (κ1) is 14.4. The normalized spacial score (nSPS) is 25.7. The highest BCUT2D eigenvalue weighted by atomic mass is 35.5. The molecule has 104 valence electrons. The maximum absolute atomic E-state index is 12.0. The van der Waals surface area contributed by atoms with E-state index >= 15 is 0 Å². The number of carbonyl (C=O) groups is 1. The van der Waals surface area contributed by atoms with Crippen LogP contribution < -0.4 is 0 Å². The molecule has 2 aliphatic heterocycles. The van der Waals surface area contributed by atoms with Gasteiger partial charge in [0.2, 0.25) is 0 Å². The van der Waals surface area contributed by atoms with Crippen molar-refractivity contribution in [2.24, 2.45) is 5.92 Å². The number of rotatable bonds is 3. The van der Waals surface area contributed by atoms with Gasteiger partial charge in [0, 0.05) is 12.6 Å². The van der Waals surface area contributed by atoms with Crippen molar-refractivity contribution >= 4 is 18.4 Å². The van der Waals surface area contributed by atoms with Crippen molar-refractivity contribution in [3.05, 3.63) is 35.9 Å². The highest BCUT2D eigenvalue weighted by molar-refractivity contribution is 5.85. The number of ether oxygens (including phenoxy) is 1.